The highest BCUT2D eigenvalue weighted by Crippen LogP contribution is 2.09. The van der Waals surface area contributed by atoms with E-state index in [0.29, 0.717) is 0 Å². The fraction of sp³-hybridized carbons (Fsp3) is 0.850. The third-order valence-corrected chi connectivity index (χ3v) is 4.20. The Bertz CT molecular complexity index is 277. The van der Waals surface area contributed by atoms with Crippen LogP contribution in [0, 0.1) is 0 Å². The summed E-state index contributed by atoms with van der Waals surface area (Å²) in [6.07, 6.45) is 23.1. The zero-order chi connectivity index (χ0) is 17.0. The van der Waals surface area contributed by atoms with Crippen LogP contribution in [0.15, 0.2) is 12.2 Å². The largest absolute Gasteiger partial charge is 0.355 e. The molecule has 0 saturated heterocycles. The van der Waals surface area contributed by atoms with E-state index in [4.69, 9.17) is 5.73 Å². The van der Waals surface area contributed by atoms with Crippen molar-refractivity contribution < 1.29 is 4.79 Å². The van der Waals surface area contributed by atoms with Crippen LogP contribution in [0.5, 0.6) is 0 Å². The number of carbonyl (C=O) groups excluding carboxylic acids is 1. The summed E-state index contributed by atoms with van der Waals surface area (Å²) in [7, 11) is 0. The highest BCUT2D eigenvalue weighted by molar-refractivity contribution is 5.77. The number of allylic oxidation sites excluding steroid dienone is 2. The van der Waals surface area contributed by atoms with Crippen LogP contribution in [0.3, 0.4) is 0 Å². The number of nitrogens with two attached hydrogens (primary N) is 1. The Labute approximate surface area is 144 Å². The molecule has 0 aromatic heterocycles. The first-order valence-electron chi connectivity index (χ1n) is 9.93. The minimum Gasteiger partial charge on any atom is -0.355 e. The predicted octanol–water partition coefficient (Wildman–Crippen LogP) is 5.10. The lowest BCUT2D eigenvalue weighted by Crippen LogP contribution is -2.30. The number of carbonyl (C=O) groups is 1. The summed E-state index contributed by atoms with van der Waals surface area (Å²) < 4.78 is 0. The highest BCUT2D eigenvalue weighted by Gasteiger charge is 1.95. The van der Waals surface area contributed by atoms with E-state index in [2.05, 4.69) is 24.4 Å². The fourth-order valence-corrected chi connectivity index (χ4v) is 2.67. The van der Waals surface area contributed by atoms with Crippen molar-refractivity contribution in [2.24, 2.45) is 5.73 Å². The normalized spacial score (nSPS) is 11.2. The Morgan fingerprint density at radius 2 is 1.26 bits per heavy atom. The second kappa shape index (κ2) is 19.2. The van der Waals surface area contributed by atoms with Gasteiger partial charge < -0.3 is 11.1 Å². The molecule has 0 aliphatic carbocycles. The minimum absolute atomic E-state index is 0.0438. The molecule has 23 heavy (non-hydrogen) atoms. The Morgan fingerprint density at radius 1 is 0.783 bits per heavy atom. The van der Waals surface area contributed by atoms with Crippen molar-refractivity contribution in [3.05, 3.63) is 12.2 Å². The number of unbranched alkanes of at least 4 members (excludes halogenated alkanes) is 12. The van der Waals surface area contributed by atoms with Crippen LogP contribution in [0.2, 0.25) is 0 Å². The topological polar surface area (TPSA) is 55.1 Å². The van der Waals surface area contributed by atoms with Gasteiger partial charge in [-0.3, -0.25) is 4.79 Å². The molecule has 136 valence electrons. The van der Waals surface area contributed by atoms with E-state index >= 15 is 0 Å². The van der Waals surface area contributed by atoms with Crippen LogP contribution in [0.1, 0.15) is 96.8 Å². The highest BCUT2D eigenvalue weighted by atomic mass is 16.1. The van der Waals surface area contributed by atoms with E-state index in [0.717, 1.165) is 13.0 Å². The average Bonchev–Trinajstić information content (AvgIpc) is 2.57. The van der Waals surface area contributed by atoms with Gasteiger partial charge in [-0.15, -0.1) is 0 Å². The maximum atomic E-state index is 10.9. The molecule has 0 aromatic rings. The summed E-state index contributed by atoms with van der Waals surface area (Å²) >= 11 is 0. The third kappa shape index (κ3) is 19.1. The lowest BCUT2D eigenvalue weighted by molar-refractivity contribution is -0.119. The Kier molecular flexibility index (Phi) is 18.5. The summed E-state index contributed by atoms with van der Waals surface area (Å²) in [5.41, 5.74) is 5.23. The van der Waals surface area contributed by atoms with Gasteiger partial charge in [0.2, 0.25) is 5.91 Å². The molecular formula is C20H40N2O. The fourth-order valence-electron chi connectivity index (χ4n) is 2.67. The minimum atomic E-state index is -0.0438. The van der Waals surface area contributed by atoms with Gasteiger partial charge in [-0.1, -0.05) is 76.9 Å². The van der Waals surface area contributed by atoms with Crippen molar-refractivity contribution in [1.29, 1.82) is 0 Å². The first-order chi connectivity index (χ1) is 11.3. The number of nitrogens with one attached hydrogen (secondary N) is 1. The molecule has 0 bridgehead atoms. The Morgan fingerprint density at radius 3 is 1.78 bits per heavy atom. The number of amides is 1. The van der Waals surface area contributed by atoms with Crippen molar-refractivity contribution in [1.82, 2.24) is 5.32 Å². The number of rotatable bonds is 17. The molecule has 0 aromatic carbocycles. The molecule has 0 radical (unpaired) electrons. The Balaban J connectivity index is 3.09. The van der Waals surface area contributed by atoms with E-state index in [9.17, 15) is 4.79 Å². The molecule has 0 atom stereocenters. The molecule has 0 aliphatic heterocycles. The molecule has 0 spiro atoms. The Hall–Kier alpha value is -0.830. The molecule has 0 aliphatic rings. The SMILES string of the molecule is CCCCCCCC/C=C\CCCCCCCCNC(=O)CN. The lowest BCUT2D eigenvalue weighted by atomic mass is 10.1. The van der Waals surface area contributed by atoms with Crippen LogP contribution in [-0.2, 0) is 4.79 Å². The van der Waals surface area contributed by atoms with E-state index in [1.165, 1.54) is 83.5 Å². The van der Waals surface area contributed by atoms with Crippen LogP contribution >= 0.6 is 0 Å². The standard InChI is InChI=1S/C20H40N2O/c1-2-3-4-5-6-7-8-9-10-11-12-13-14-15-16-17-18-22-20(23)19-21/h9-10H,2-8,11-19,21H2,1H3,(H,22,23)/b10-9-. The molecule has 3 N–H and O–H groups in total. The zero-order valence-corrected chi connectivity index (χ0v) is 15.5. The molecule has 3 nitrogen and oxygen atoms in total. The number of hydrogen-bond acceptors (Lipinski definition) is 2. The molecular weight excluding hydrogens is 284 g/mol. The second-order valence-corrected chi connectivity index (χ2v) is 6.49. The number of hydrogen-bond donors (Lipinski definition) is 2. The van der Waals surface area contributed by atoms with Crippen molar-refractivity contribution >= 4 is 5.91 Å². The van der Waals surface area contributed by atoms with E-state index in [1.54, 1.807) is 0 Å². The van der Waals surface area contributed by atoms with Crippen LogP contribution in [0.25, 0.3) is 0 Å². The van der Waals surface area contributed by atoms with Gasteiger partial charge in [0, 0.05) is 6.54 Å². The summed E-state index contributed by atoms with van der Waals surface area (Å²) in [4.78, 5) is 10.9. The maximum Gasteiger partial charge on any atom is 0.233 e. The van der Waals surface area contributed by atoms with Gasteiger partial charge >= 0.3 is 0 Å². The first-order valence-corrected chi connectivity index (χ1v) is 9.93. The van der Waals surface area contributed by atoms with Gasteiger partial charge in [0.1, 0.15) is 0 Å². The van der Waals surface area contributed by atoms with Gasteiger partial charge in [0.05, 0.1) is 6.54 Å². The third-order valence-electron chi connectivity index (χ3n) is 4.20. The molecule has 0 unspecified atom stereocenters. The summed E-state index contributed by atoms with van der Waals surface area (Å²) in [5.74, 6) is -0.0438. The van der Waals surface area contributed by atoms with Gasteiger partial charge in [0.25, 0.3) is 0 Å². The van der Waals surface area contributed by atoms with Gasteiger partial charge in [-0.05, 0) is 32.1 Å². The van der Waals surface area contributed by atoms with Crippen LogP contribution < -0.4 is 11.1 Å². The summed E-state index contributed by atoms with van der Waals surface area (Å²) in [5, 5.41) is 2.81. The van der Waals surface area contributed by atoms with E-state index < -0.39 is 0 Å². The molecule has 0 fully saturated rings. The van der Waals surface area contributed by atoms with Gasteiger partial charge in [-0.25, -0.2) is 0 Å². The van der Waals surface area contributed by atoms with Crippen molar-refractivity contribution in [2.75, 3.05) is 13.1 Å². The lowest BCUT2D eigenvalue weighted by Gasteiger charge is -2.03. The van der Waals surface area contributed by atoms with Crippen LogP contribution in [-0.4, -0.2) is 19.0 Å². The molecule has 0 rings (SSSR count). The first kappa shape index (κ1) is 22.2. The van der Waals surface area contributed by atoms with Gasteiger partial charge in [0.15, 0.2) is 0 Å². The zero-order valence-electron chi connectivity index (χ0n) is 15.5. The summed E-state index contributed by atoms with van der Waals surface area (Å²) in [6, 6.07) is 0. The van der Waals surface area contributed by atoms with Gasteiger partial charge in [-0.2, -0.15) is 0 Å². The van der Waals surface area contributed by atoms with E-state index in [-0.39, 0.29) is 12.5 Å². The maximum absolute atomic E-state index is 10.9. The molecule has 1 amide bonds. The smallest absolute Gasteiger partial charge is 0.233 e. The average molecular weight is 325 g/mol. The van der Waals surface area contributed by atoms with Crippen molar-refractivity contribution in [3.63, 3.8) is 0 Å². The van der Waals surface area contributed by atoms with Crippen molar-refractivity contribution in [3.8, 4) is 0 Å². The molecule has 3 heteroatoms. The van der Waals surface area contributed by atoms with E-state index in [1.807, 2.05) is 0 Å². The van der Waals surface area contributed by atoms with Crippen molar-refractivity contribution in [2.45, 2.75) is 96.8 Å². The molecule has 0 heterocycles. The monoisotopic (exact) mass is 324 g/mol. The summed E-state index contributed by atoms with van der Waals surface area (Å²) in [6.45, 7) is 3.15. The quantitative estimate of drug-likeness (QED) is 0.289. The molecule has 0 saturated carbocycles. The van der Waals surface area contributed by atoms with Crippen LogP contribution in [0.4, 0.5) is 0 Å². The second-order valence-electron chi connectivity index (χ2n) is 6.49. The predicted molar refractivity (Wildman–Crippen MR) is 102 cm³/mol.